The van der Waals surface area contributed by atoms with Gasteiger partial charge in [0.25, 0.3) is 0 Å². The van der Waals surface area contributed by atoms with E-state index in [0.29, 0.717) is 0 Å². The predicted octanol–water partition coefficient (Wildman–Crippen LogP) is -0.726. The first-order valence-electron chi connectivity index (χ1n) is 4.30. The molecule has 0 unspecified atom stereocenters. The average Bonchev–Trinajstić information content (AvgIpc) is 1.85. The summed E-state index contributed by atoms with van der Waals surface area (Å²) in [4.78, 5) is 0. The molecular formula is C9H22IN. The molecule has 0 radical (unpaired) electrons. The molecule has 0 aliphatic carbocycles. The van der Waals surface area contributed by atoms with Gasteiger partial charge in [0.15, 0.2) is 0 Å². The Kier molecular flexibility index (Phi) is 6.93. The number of nitrogens with zero attached hydrogens (tertiary/aromatic N) is 1. The van der Waals surface area contributed by atoms with E-state index in [1.54, 1.807) is 0 Å². The van der Waals surface area contributed by atoms with Crippen molar-refractivity contribution in [2.24, 2.45) is 0 Å². The number of rotatable bonds is 3. The summed E-state index contributed by atoms with van der Waals surface area (Å²) in [7, 11) is 2.33. The molecule has 0 aliphatic heterocycles. The van der Waals surface area contributed by atoms with Gasteiger partial charge in [-0.1, -0.05) is 0 Å². The first-order valence-corrected chi connectivity index (χ1v) is 4.30. The molecule has 0 aromatic heterocycles. The van der Waals surface area contributed by atoms with Crippen molar-refractivity contribution in [3.8, 4) is 0 Å². The van der Waals surface area contributed by atoms with Crippen LogP contribution in [-0.2, 0) is 0 Å². The van der Waals surface area contributed by atoms with Crippen molar-refractivity contribution in [3.63, 3.8) is 0 Å². The summed E-state index contributed by atoms with van der Waals surface area (Å²) in [6.07, 6.45) is 0. The lowest BCUT2D eigenvalue weighted by molar-refractivity contribution is -0.947. The summed E-state index contributed by atoms with van der Waals surface area (Å²) in [5, 5.41) is 0. The van der Waals surface area contributed by atoms with Crippen molar-refractivity contribution in [2.75, 3.05) is 13.6 Å². The van der Waals surface area contributed by atoms with Gasteiger partial charge in [-0.05, 0) is 34.6 Å². The Hall–Kier alpha value is 0.690. The fourth-order valence-corrected chi connectivity index (χ4v) is 1.33. The van der Waals surface area contributed by atoms with Crippen LogP contribution in [0.4, 0.5) is 0 Å². The van der Waals surface area contributed by atoms with Crippen LogP contribution < -0.4 is 24.0 Å². The van der Waals surface area contributed by atoms with E-state index in [1.807, 2.05) is 0 Å². The minimum atomic E-state index is 0. The number of hydrogen-bond donors (Lipinski definition) is 0. The van der Waals surface area contributed by atoms with Gasteiger partial charge in [0.1, 0.15) is 0 Å². The fraction of sp³-hybridized carbons (Fsp3) is 1.00. The highest BCUT2D eigenvalue weighted by atomic mass is 127. The lowest BCUT2D eigenvalue weighted by atomic mass is 10.2. The molecule has 0 saturated heterocycles. The molecule has 0 aliphatic rings. The van der Waals surface area contributed by atoms with E-state index in [-0.39, 0.29) is 24.0 Å². The number of hydrogen-bond acceptors (Lipinski definition) is 0. The fourth-order valence-electron chi connectivity index (χ4n) is 1.33. The smallest absolute Gasteiger partial charge is 0.0833 e. The van der Waals surface area contributed by atoms with Crippen molar-refractivity contribution in [2.45, 2.75) is 46.7 Å². The standard InChI is InChI=1S/C9H22N.HI/c1-7-10(6,8(2)3)9(4)5;/h8-9H,7H2,1-6H3;1H/q+1;/p-1. The largest absolute Gasteiger partial charge is 1.00 e. The Morgan fingerprint density at radius 3 is 1.27 bits per heavy atom. The second-order valence-electron chi connectivity index (χ2n) is 3.85. The maximum Gasteiger partial charge on any atom is 0.0833 e. The summed E-state index contributed by atoms with van der Waals surface area (Å²) >= 11 is 0. The number of halogens is 1. The molecule has 0 fully saturated rings. The van der Waals surface area contributed by atoms with E-state index >= 15 is 0 Å². The zero-order valence-corrected chi connectivity index (χ0v) is 10.8. The first-order chi connectivity index (χ1) is 4.45. The maximum atomic E-state index is 2.33. The second-order valence-corrected chi connectivity index (χ2v) is 3.85. The monoisotopic (exact) mass is 271 g/mol. The van der Waals surface area contributed by atoms with Crippen molar-refractivity contribution < 1.29 is 28.5 Å². The summed E-state index contributed by atoms with van der Waals surface area (Å²) < 4.78 is 1.18. The van der Waals surface area contributed by atoms with E-state index in [2.05, 4.69) is 41.7 Å². The Morgan fingerprint density at radius 1 is 1.00 bits per heavy atom. The zero-order chi connectivity index (χ0) is 8.36. The van der Waals surface area contributed by atoms with Crippen LogP contribution in [0.25, 0.3) is 0 Å². The Labute approximate surface area is 88.8 Å². The third-order valence-corrected chi connectivity index (χ3v) is 3.04. The van der Waals surface area contributed by atoms with Crippen LogP contribution in [0.3, 0.4) is 0 Å². The highest BCUT2D eigenvalue weighted by Gasteiger charge is 2.26. The molecular weight excluding hydrogens is 249 g/mol. The van der Waals surface area contributed by atoms with Gasteiger partial charge in [-0.25, -0.2) is 0 Å². The predicted molar refractivity (Wildman–Crippen MR) is 47.0 cm³/mol. The van der Waals surface area contributed by atoms with E-state index in [0.717, 1.165) is 12.1 Å². The molecule has 0 atom stereocenters. The zero-order valence-electron chi connectivity index (χ0n) is 8.69. The molecule has 0 amide bonds. The van der Waals surface area contributed by atoms with Crippen LogP contribution >= 0.6 is 0 Å². The molecule has 0 N–H and O–H groups in total. The van der Waals surface area contributed by atoms with Crippen molar-refractivity contribution in [1.29, 1.82) is 0 Å². The molecule has 11 heavy (non-hydrogen) atoms. The minimum Gasteiger partial charge on any atom is -1.00 e. The minimum absolute atomic E-state index is 0. The topological polar surface area (TPSA) is 0 Å². The van der Waals surface area contributed by atoms with Crippen LogP contribution in [0.1, 0.15) is 34.6 Å². The van der Waals surface area contributed by atoms with E-state index in [4.69, 9.17) is 0 Å². The van der Waals surface area contributed by atoms with Gasteiger partial charge in [-0.15, -0.1) is 0 Å². The van der Waals surface area contributed by atoms with Gasteiger partial charge in [0, 0.05) is 0 Å². The quantitative estimate of drug-likeness (QED) is 0.469. The molecule has 0 rings (SSSR count). The summed E-state index contributed by atoms with van der Waals surface area (Å²) in [5.74, 6) is 0. The third-order valence-electron chi connectivity index (χ3n) is 3.04. The molecule has 2 heteroatoms. The third kappa shape index (κ3) is 3.28. The van der Waals surface area contributed by atoms with E-state index in [1.165, 1.54) is 11.0 Å². The van der Waals surface area contributed by atoms with Crippen molar-refractivity contribution >= 4 is 0 Å². The maximum absolute atomic E-state index is 2.33. The molecule has 0 spiro atoms. The molecule has 0 bridgehead atoms. The Morgan fingerprint density at radius 2 is 1.27 bits per heavy atom. The van der Waals surface area contributed by atoms with E-state index < -0.39 is 0 Å². The van der Waals surface area contributed by atoms with E-state index in [9.17, 15) is 0 Å². The Balaban J connectivity index is 0. The van der Waals surface area contributed by atoms with Gasteiger partial charge in [0.2, 0.25) is 0 Å². The van der Waals surface area contributed by atoms with Crippen molar-refractivity contribution in [3.05, 3.63) is 0 Å². The SMILES string of the molecule is CC[N+](C)(C(C)C)C(C)C.[I-]. The van der Waals surface area contributed by atoms with Gasteiger partial charge < -0.3 is 28.5 Å². The van der Waals surface area contributed by atoms with Gasteiger partial charge in [0.05, 0.1) is 25.7 Å². The highest BCUT2D eigenvalue weighted by molar-refractivity contribution is 4.47. The van der Waals surface area contributed by atoms with Crippen LogP contribution in [-0.4, -0.2) is 30.2 Å². The lowest BCUT2D eigenvalue weighted by Gasteiger charge is -2.41. The number of quaternary nitrogens is 1. The molecule has 0 aromatic rings. The molecule has 1 nitrogen and oxygen atoms in total. The van der Waals surface area contributed by atoms with Gasteiger partial charge in [-0.2, -0.15) is 0 Å². The van der Waals surface area contributed by atoms with Crippen LogP contribution in [0.15, 0.2) is 0 Å². The molecule has 70 valence electrons. The van der Waals surface area contributed by atoms with Gasteiger partial charge in [-0.3, -0.25) is 0 Å². The summed E-state index contributed by atoms with van der Waals surface area (Å²) in [6, 6.07) is 1.48. The first kappa shape index (κ1) is 14.2. The highest BCUT2D eigenvalue weighted by Crippen LogP contribution is 2.14. The van der Waals surface area contributed by atoms with Crippen molar-refractivity contribution in [1.82, 2.24) is 0 Å². The van der Waals surface area contributed by atoms with Crippen LogP contribution in [0.5, 0.6) is 0 Å². The Bertz CT molecular complexity index is 91.7. The van der Waals surface area contributed by atoms with Crippen LogP contribution in [0.2, 0.25) is 0 Å². The molecule has 0 aromatic carbocycles. The lowest BCUT2D eigenvalue weighted by Crippen LogP contribution is -3.00. The van der Waals surface area contributed by atoms with Crippen LogP contribution in [0, 0.1) is 0 Å². The normalized spacial score (nSPS) is 12.0. The molecule has 0 saturated carbocycles. The van der Waals surface area contributed by atoms with Gasteiger partial charge >= 0.3 is 0 Å². The summed E-state index contributed by atoms with van der Waals surface area (Å²) in [6.45, 7) is 12.7. The summed E-state index contributed by atoms with van der Waals surface area (Å²) in [5.41, 5.74) is 0. The molecule has 0 heterocycles. The average molecular weight is 271 g/mol. The second kappa shape index (κ2) is 5.36.